The van der Waals surface area contributed by atoms with Crippen molar-refractivity contribution >= 4 is 0 Å². The van der Waals surface area contributed by atoms with Crippen molar-refractivity contribution in [1.82, 2.24) is 15.1 Å². The third-order valence-corrected chi connectivity index (χ3v) is 2.56. The van der Waals surface area contributed by atoms with Crippen molar-refractivity contribution in [2.45, 2.75) is 45.2 Å². The summed E-state index contributed by atoms with van der Waals surface area (Å²) in [4.78, 5) is 0. The van der Waals surface area contributed by atoms with Gasteiger partial charge in [0.05, 0.1) is 6.07 Å². The third kappa shape index (κ3) is 5.52. The second-order valence-electron chi connectivity index (χ2n) is 4.03. The Morgan fingerprint density at radius 1 is 1.50 bits per heavy atom. The molecule has 16 heavy (non-hydrogen) atoms. The smallest absolute Gasteiger partial charge is 0.0621 e. The van der Waals surface area contributed by atoms with E-state index < -0.39 is 0 Å². The fraction of sp³-hybridized carbons (Fsp3) is 0.667. The van der Waals surface area contributed by atoms with E-state index in [2.05, 4.69) is 23.4 Å². The zero-order valence-corrected chi connectivity index (χ0v) is 9.89. The molecule has 1 heterocycles. The van der Waals surface area contributed by atoms with E-state index >= 15 is 0 Å². The highest BCUT2D eigenvalue weighted by Gasteiger charge is 2.01. The molecule has 4 heteroatoms. The summed E-state index contributed by atoms with van der Waals surface area (Å²) in [7, 11) is 0. The molecular formula is C12H20N4. The Balaban J connectivity index is 1.99. The summed E-state index contributed by atoms with van der Waals surface area (Å²) in [5.41, 5.74) is 0. The minimum Gasteiger partial charge on any atom is -0.314 e. The predicted octanol–water partition coefficient (Wildman–Crippen LogP) is 1.95. The normalized spacial score (nSPS) is 12.2. The number of hydrogen-bond acceptors (Lipinski definition) is 3. The van der Waals surface area contributed by atoms with Crippen molar-refractivity contribution < 1.29 is 0 Å². The summed E-state index contributed by atoms with van der Waals surface area (Å²) in [5, 5.41) is 16.0. The molecule has 0 fully saturated rings. The molecule has 0 amide bonds. The molecule has 0 aliphatic rings. The van der Waals surface area contributed by atoms with Crippen LogP contribution in [0.15, 0.2) is 18.5 Å². The minimum atomic E-state index is 0.506. The first kappa shape index (κ1) is 12.7. The van der Waals surface area contributed by atoms with E-state index in [1.54, 1.807) is 6.20 Å². The molecule has 4 nitrogen and oxygen atoms in total. The molecule has 0 spiro atoms. The summed E-state index contributed by atoms with van der Waals surface area (Å²) in [5.74, 6) is 0. The lowest BCUT2D eigenvalue weighted by molar-refractivity contribution is 0.453. The average Bonchev–Trinajstić information content (AvgIpc) is 2.79. The third-order valence-electron chi connectivity index (χ3n) is 2.56. The summed E-state index contributed by atoms with van der Waals surface area (Å²) in [6, 6.07) is 4.61. The zero-order valence-electron chi connectivity index (χ0n) is 9.89. The topological polar surface area (TPSA) is 53.6 Å². The van der Waals surface area contributed by atoms with Gasteiger partial charge in [-0.1, -0.05) is 0 Å². The summed E-state index contributed by atoms with van der Waals surface area (Å²) in [6.07, 6.45) is 7.62. The molecule has 1 atom stereocenters. The first-order valence-corrected chi connectivity index (χ1v) is 5.90. The number of nitrogens with one attached hydrogen (secondary N) is 1. The van der Waals surface area contributed by atoms with E-state index in [0.29, 0.717) is 12.5 Å². The first-order valence-electron chi connectivity index (χ1n) is 5.90. The van der Waals surface area contributed by atoms with Gasteiger partial charge in [-0.25, -0.2) is 0 Å². The molecule has 0 bridgehead atoms. The van der Waals surface area contributed by atoms with Crippen molar-refractivity contribution in [2.75, 3.05) is 6.54 Å². The van der Waals surface area contributed by atoms with Gasteiger partial charge in [-0.05, 0) is 38.8 Å². The lowest BCUT2D eigenvalue weighted by atomic mass is 10.2. The van der Waals surface area contributed by atoms with Crippen LogP contribution in [0, 0.1) is 11.3 Å². The molecule has 88 valence electrons. The second kappa shape index (κ2) is 7.89. The molecule has 0 aromatic carbocycles. The number of nitriles is 1. The van der Waals surface area contributed by atoms with Crippen LogP contribution < -0.4 is 5.32 Å². The number of unbranched alkanes of at least 4 members (excludes halogenated alkanes) is 2. The van der Waals surface area contributed by atoms with Gasteiger partial charge in [0.15, 0.2) is 0 Å². The highest BCUT2D eigenvalue weighted by molar-refractivity contribution is 4.78. The van der Waals surface area contributed by atoms with Gasteiger partial charge in [0, 0.05) is 31.4 Å². The maximum atomic E-state index is 8.38. The van der Waals surface area contributed by atoms with Crippen LogP contribution in [0.2, 0.25) is 0 Å². The number of aromatic nitrogens is 2. The van der Waals surface area contributed by atoms with Crippen LogP contribution in [0.3, 0.4) is 0 Å². The van der Waals surface area contributed by atoms with E-state index in [-0.39, 0.29) is 0 Å². The SMILES string of the molecule is CC(CCn1cccn1)NCCCCC#N. The molecule has 1 unspecified atom stereocenters. The Morgan fingerprint density at radius 3 is 3.06 bits per heavy atom. The van der Waals surface area contributed by atoms with Crippen LogP contribution in [0.4, 0.5) is 0 Å². The lowest BCUT2D eigenvalue weighted by Crippen LogP contribution is -2.28. The second-order valence-corrected chi connectivity index (χ2v) is 4.03. The largest absolute Gasteiger partial charge is 0.314 e. The van der Waals surface area contributed by atoms with Crippen LogP contribution >= 0.6 is 0 Å². The maximum absolute atomic E-state index is 8.38. The number of aryl methyl sites for hydroxylation is 1. The van der Waals surface area contributed by atoms with Crippen molar-refractivity contribution in [2.24, 2.45) is 0 Å². The van der Waals surface area contributed by atoms with Gasteiger partial charge in [-0.2, -0.15) is 10.4 Å². The molecule has 0 aliphatic carbocycles. The van der Waals surface area contributed by atoms with Crippen LogP contribution in [0.25, 0.3) is 0 Å². The molecule has 0 radical (unpaired) electrons. The van der Waals surface area contributed by atoms with Gasteiger partial charge in [-0.3, -0.25) is 4.68 Å². The van der Waals surface area contributed by atoms with Crippen molar-refractivity contribution in [3.05, 3.63) is 18.5 Å². The van der Waals surface area contributed by atoms with Gasteiger partial charge < -0.3 is 5.32 Å². The van der Waals surface area contributed by atoms with Crippen LogP contribution in [0.1, 0.15) is 32.6 Å². The van der Waals surface area contributed by atoms with E-state index in [4.69, 9.17) is 5.26 Å². The summed E-state index contributed by atoms with van der Waals surface area (Å²) in [6.45, 7) is 4.15. The Morgan fingerprint density at radius 2 is 2.38 bits per heavy atom. The standard InChI is InChI=1S/C12H20N4/c1-12(14-8-4-2-3-7-13)6-11-16-10-5-9-15-16/h5,9-10,12,14H,2-4,6,8,11H2,1H3. The van der Waals surface area contributed by atoms with Gasteiger partial charge in [0.1, 0.15) is 0 Å². The van der Waals surface area contributed by atoms with Crippen molar-refractivity contribution in [3.8, 4) is 6.07 Å². The fourth-order valence-electron chi connectivity index (χ4n) is 1.54. The Bertz CT molecular complexity index is 299. The fourth-order valence-corrected chi connectivity index (χ4v) is 1.54. The van der Waals surface area contributed by atoms with Crippen molar-refractivity contribution in [3.63, 3.8) is 0 Å². The summed E-state index contributed by atoms with van der Waals surface area (Å²) < 4.78 is 1.95. The van der Waals surface area contributed by atoms with Gasteiger partial charge in [0.25, 0.3) is 0 Å². The van der Waals surface area contributed by atoms with Crippen LogP contribution in [-0.4, -0.2) is 22.4 Å². The number of hydrogen-bond donors (Lipinski definition) is 1. The van der Waals surface area contributed by atoms with E-state index in [9.17, 15) is 0 Å². The molecular weight excluding hydrogens is 200 g/mol. The van der Waals surface area contributed by atoms with E-state index in [1.165, 1.54) is 0 Å². The van der Waals surface area contributed by atoms with E-state index in [1.807, 2.05) is 16.9 Å². The maximum Gasteiger partial charge on any atom is 0.0621 e. The lowest BCUT2D eigenvalue weighted by Gasteiger charge is -2.13. The molecule has 1 rings (SSSR count). The summed E-state index contributed by atoms with van der Waals surface area (Å²) >= 11 is 0. The van der Waals surface area contributed by atoms with Gasteiger partial charge in [0.2, 0.25) is 0 Å². The Labute approximate surface area is 97.3 Å². The highest BCUT2D eigenvalue weighted by Crippen LogP contribution is 1.97. The van der Waals surface area contributed by atoms with Crippen LogP contribution in [-0.2, 0) is 6.54 Å². The van der Waals surface area contributed by atoms with E-state index in [0.717, 1.165) is 32.4 Å². The molecule has 1 aromatic rings. The zero-order chi connectivity index (χ0) is 11.6. The average molecular weight is 220 g/mol. The van der Waals surface area contributed by atoms with Crippen molar-refractivity contribution in [1.29, 1.82) is 5.26 Å². The highest BCUT2D eigenvalue weighted by atomic mass is 15.3. The predicted molar refractivity (Wildman–Crippen MR) is 63.8 cm³/mol. The van der Waals surface area contributed by atoms with Crippen LogP contribution in [0.5, 0.6) is 0 Å². The van der Waals surface area contributed by atoms with Gasteiger partial charge in [-0.15, -0.1) is 0 Å². The minimum absolute atomic E-state index is 0.506. The molecule has 1 N–H and O–H groups in total. The Kier molecular flexibility index (Phi) is 6.28. The number of nitrogens with zero attached hydrogens (tertiary/aromatic N) is 3. The number of rotatable bonds is 8. The first-order chi connectivity index (χ1) is 7.83. The quantitative estimate of drug-likeness (QED) is 0.681. The van der Waals surface area contributed by atoms with Gasteiger partial charge >= 0.3 is 0 Å². The molecule has 0 saturated carbocycles. The molecule has 1 aromatic heterocycles. The molecule has 0 saturated heterocycles. The monoisotopic (exact) mass is 220 g/mol. The molecule has 0 aliphatic heterocycles. The Hall–Kier alpha value is -1.34.